The zero-order valence-electron chi connectivity index (χ0n) is 7.68. The van der Waals surface area contributed by atoms with Crippen LogP contribution in [0.4, 0.5) is 0 Å². The lowest BCUT2D eigenvalue weighted by Crippen LogP contribution is -2.31. The second kappa shape index (κ2) is 3.75. The minimum absolute atomic E-state index is 0.143. The Hall–Kier alpha value is -1.42. The largest absolute Gasteiger partial charge is 0.480 e. The SMILES string of the molecule is O=C(O)[C@@H]1CCC(c2cccnc2)N1. The van der Waals surface area contributed by atoms with Crippen LogP contribution in [0.3, 0.4) is 0 Å². The highest BCUT2D eigenvalue weighted by Crippen LogP contribution is 2.25. The lowest BCUT2D eigenvalue weighted by Gasteiger charge is -2.11. The fourth-order valence-electron chi connectivity index (χ4n) is 1.78. The van der Waals surface area contributed by atoms with Gasteiger partial charge in [0.1, 0.15) is 6.04 Å². The van der Waals surface area contributed by atoms with Gasteiger partial charge in [0, 0.05) is 18.4 Å². The molecule has 4 heteroatoms. The third-order valence-corrected chi connectivity index (χ3v) is 2.53. The molecular weight excluding hydrogens is 180 g/mol. The highest BCUT2D eigenvalue weighted by molar-refractivity contribution is 5.73. The van der Waals surface area contributed by atoms with Crippen molar-refractivity contribution in [3.63, 3.8) is 0 Å². The van der Waals surface area contributed by atoms with Crippen molar-refractivity contribution < 1.29 is 9.90 Å². The van der Waals surface area contributed by atoms with Gasteiger partial charge in [-0.15, -0.1) is 0 Å². The van der Waals surface area contributed by atoms with E-state index in [-0.39, 0.29) is 6.04 Å². The van der Waals surface area contributed by atoms with Gasteiger partial charge in [-0.05, 0) is 24.5 Å². The minimum Gasteiger partial charge on any atom is -0.480 e. The van der Waals surface area contributed by atoms with Gasteiger partial charge >= 0.3 is 5.97 Å². The number of carboxylic acids is 1. The fraction of sp³-hybridized carbons (Fsp3) is 0.400. The molecule has 1 aromatic heterocycles. The maximum Gasteiger partial charge on any atom is 0.320 e. The van der Waals surface area contributed by atoms with E-state index in [1.54, 1.807) is 12.4 Å². The molecular formula is C10H12N2O2. The Morgan fingerprint density at radius 2 is 2.43 bits per heavy atom. The molecule has 0 bridgehead atoms. The van der Waals surface area contributed by atoms with E-state index in [9.17, 15) is 4.79 Å². The van der Waals surface area contributed by atoms with E-state index in [1.165, 1.54) is 0 Å². The second-order valence-electron chi connectivity index (χ2n) is 3.47. The standard InChI is InChI=1S/C10H12N2O2/c13-10(14)9-4-3-8(12-9)7-2-1-5-11-6-7/h1-2,5-6,8-9,12H,3-4H2,(H,13,14)/t8?,9-/m0/s1. The van der Waals surface area contributed by atoms with Crippen molar-refractivity contribution in [1.29, 1.82) is 0 Å². The van der Waals surface area contributed by atoms with Crippen LogP contribution in [-0.2, 0) is 4.79 Å². The molecule has 74 valence electrons. The Morgan fingerprint density at radius 1 is 1.57 bits per heavy atom. The number of pyridine rings is 1. The minimum atomic E-state index is -0.767. The van der Waals surface area contributed by atoms with Crippen molar-refractivity contribution in [2.45, 2.75) is 24.9 Å². The molecule has 14 heavy (non-hydrogen) atoms. The molecule has 0 aliphatic carbocycles. The fourth-order valence-corrected chi connectivity index (χ4v) is 1.78. The molecule has 2 heterocycles. The predicted molar refractivity (Wildman–Crippen MR) is 50.8 cm³/mol. The van der Waals surface area contributed by atoms with Crippen molar-refractivity contribution in [1.82, 2.24) is 10.3 Å². The lowest BCUT2D eigenvalue weighted by atomic mass is 10.1. The summed E-state index contributed by atoms with van der Waals surface area (Å²) in [5.74, 6) is -0.767. The first-order chi connectivity index (χ1) is 6.77. The summed E-state index contributed by atoms with van der Waals surface area (Å²) in [5.41, 5.74) is 1.07. The first kappa shape index (κ1) is 9.15. The van der Waals surface area contributed by atoms with Gasteiger partial charge in [0.2, 0.25) is 0 Å². The van der Waals surface area contributed by atoms with E-state index >= 15 is 0 Å². The molecule has 1 fully saturated rings. The Bertz CT molecular complexity index is 326. The molecule has 1 aliphatic heterocycles. The molecule has 1 saturated heterocycles. The number of rotatable bonds is 2. The number of aliphatic carboxylic acids is 1. The van der Waals surface area contributed by atoms with Crippen molar-refractivity contribution >= 4 is 5.97 Å². The molecule has 1 aromatic rings. The molecule has 4 nitrogen and oxygen atoms in total. The highest BCUT2D eigenvalue weighted by atomic mass is 16.4. The number of nitrogens with zero attached hydrogens (tertiary/aromatic N) is 1. The van der Waals surface area contributed by atoms with E-state index in [0.29, 0.717) is 6.42 Å². The van der Waals surface area contributed by atoms with Crippen molar-refractivity contribution in [2.75, 3.05) is 0 Å². The second-order valence-corrected chi connectivity index (χ2v) is 3.47. The monoisotopic (exact) mass is 192 g/mol. The summed E-state index contributed by atoms with van der Waals surface area (Å²) < 4.78 is 0. The number of hydrogen-bond donors (Lipinski definition) is 2. The molecule has 1 aliphatic rings. The van der Waals surface area contributed by atoms with Gasteiger partial charge in [0.25, 0.3) is 0 Å². The van der Waals surface area contributed by atoms with Crippen LogP contribution in [-0.4, -0.2) is 22.1 Å². The van der Waals surface area contributed by atoms with Gasteiger partial charge in [0.15, 0.2) is 0 Å². The average molecular weight is 192 g/mol. The van der Waals surface area contributed by atoms with Crippen LogP contribution in [0.1, 0.15) is 24.4 Å². The molecule has 0 radical (unpaired) electrons. The molecule has 0 aromatic carbocycles. The summed E-state index contributed by atoms with van der Waals surface area (Å²) >= 11 is 0. The summed E-state index contributed by atoms with van der Waals surface area (Å²) in [6.45, 7) is 0. The summed E-state index contributed by atoms with van der Waals surface area (Å²) in [6.07, 6.45) is 5.05. The van der Waals surface area contributed by atoms with Crippen molar-refractivity contribution in [2.24, 2.45) is 0 Å². The van der Waals surface area contributed by atoms with E-state index < -0.39 is 12.0 Å². The molecule has 0 saturated carbocycles. The number of nitrogens with one attached hydrogen (secondary N) is 1. The van der Waals surface area contributed by atoms with Gasteiger partial charge in [-0.2, -0.15) is 0 Å². The van der Waals surface area contributed by atoms with Crippen LogP contribution < -0.4 is 5.32 Å². The zero-order chi connectivity index (χ0) is 9.97. The third kappa shape index (κ3) is 1.75. The quantitative estimate of drug-likeness (QED) is 0.732. The number of carboxylic acid groups (broad SMARTS) is 1. The Labute approximate surface area is 82.0 Å². The molecule has 2 rings (SSSR count). The first-order valence-electron chi connectivity index (χ1n) is 4.66. The molecule has 0 amide bonds. The molecule has 2 N–H and O–H groups in total. The normalized spacial score (nSPS) is 26.3. The number of hydrogen-bond acceptors (Lipinski definition) is 3. The number of carbonyl (C=O) groups is 1. The maximum atomic E-state index is 10.7. The zero-order valence-corrected chi connectivity index (χ0v) is 7.68. The van der Waals surface area contributed by atoms with Crippen molar-refractivity contribution in [3.8, 4) is 0 Å². The highest BCUT2D eigenvalue weighted by Gasteiger charge is 2.29. The van der Waals surface area contributed by atoms with E-state index in [0.717, 1.165) is 12.0 Å². The van der Waals surface area contributed by atoms with Gasteiger partial charge in [-0.1, -0.05) is 6.07 Å². The van der Waals surface area contributed by atoms with Crippen LogP contribution in [0.25, 0.3) is 0 Å². The molecule has 1 unspecified atom stereocenters. The van der Waals surface area contributed by atoms with Crippen LogP contribution in [0.15, 0.2) is 24.5 Å². The third-order valence-electron chi connectivity index (χ3n) is 2.53. The molecule has 0 spiro atoms. The number of aromatic nitrogens is 1. The summed E-state index contributed by atoms with van der Waals surface area (Å²) in [6, 6.07) is 3.57. The summed E-state index contributed by atoms with van der Waals surface area (Å²) in [7, 11) is 0. The van der Waals surface area contributed by atoms with Crippen LogP contribution in [0.5, 0.6) is 0 Å². The Kier molecular flexibility index (Phi) is 2.45. The van der Waals surface area contributed by atoms with E-state index in [2.05, 4.69) is 10.3 Å². The van der Waals surface area contributed by atoms with Gasteiger partial charge < -0.3 is 5.11 Å². The van der Waals surface area contributed by atoms with Crippen LogP contribution >= 0.6 is 0 Å². The van der Waals surface area contributed by atoms with Crippen LogP contribution in [0.2, 0.25) is 0 Å². The van der Waals surface area contributed by atoms with Crippen molar-refractivity contribution in [3.05, 3.63) is 30.1 Å². The van der Waals surface area contributed by atoms with Crippen LogP contribution in [0, 0.1) is 0 Å². The Balaban J connectivity index is 2.06. The van der Waals surface area contributed by atoms with Gasteiger partial charge in [0.05, 0.1) is 0 Å². The summed E-state index contributed by atoms with van der Waals surface area (Å²) in [4.78, 5) is 14.7. The smallest absolute Gasteiger partial charge is 0.320 e. The maximum absolute atomic E-state index is 10.7. The first-order valence-corrected chi connectivity index (χ1v) is 4.66. The van der Waals surface area contributed by atoms with Gasteiger partial charge in [-0.3, -0.25) is 15.1 Å². The topological polar surface area (TPSA) is 62.2 Å². The predicted octanol–water partition coefficient (Wildman–Crippen LogP) is 0.959. The van der Waals surface area contributed by atoms with E-state index in [4.69, 9.17) is 5.11 Å². The van der Waals surface area contributed by atoms with Gasteiger partial charge in [-0.25, -0.2) is 0 Å². The Morgan fingerprint density at radius 3 is 3.00 bits per heavy atom. The van der Waals surface area contributed by atoms with E-state index in [1.807, 2.05) is 12.1 Å². The molecule has 2 atom stereocenters. The lowest BCUT2D eigenvalue weighted by molar-refractivity contribution is -0.139. The average Bonchev–Trinajstić information content (AvgIpc) is 2.68. The summed E-state index contributed by atoms with van der Waals surface area (Å²) in [5, 5.41) is 11.9.